The van der Waals surface area contributed by atoms with Crippen LogP contribution in [0.25, 0.3) is 0 Å². The van der Waals surface area contributed by atoms with Gasteiger partial charge in [0.05, 0.1) is 5.56 Å². The van der Waals surface area contributed by atoms with Crippen LogP contribution in [0, 0.1) is 0 Å². The number of nitrogens with one attached hydrogen (secondary N) is 1. The Kier molecular flexibility index (Phi) is 4.47. The number of aromatic nitrogens is 1. The summed E-state index contributed by atoms with van der Waals surface area (Å²) in [6.45, 7) is 0. The van der Waals surface area contributed by atoms with Gasteiger partial charge in [0.15, 0.2) is 0 Å². The first kappa shape index (κ1) is 13.2. The minimum absolute atomic E-state index is 0.228. The van der Waals surface area contributed by atoms with Crippen LogP contribution in [0.1, 0.15) is 36.0 Å². The molecule has 0 radical (unpaired) electrons. The van der Waals surface area contributed by atoms with Gasteiger partial charge in [-0.05, 0) is 44.1 Å². The van der Waals surface area contributed by atoms with Crippen molar-refractivity contribution in [3.05, 3.63) is 23.9 Å². The lowest BCUT2D eigenvalue weighted by Crippen LogP contribution is -2.27. The van der Waals surface area contributed by atoms with Crippen LogP contribution in [0.5, 0.6) is 0 Å². The van der Waals surface area contributed by atoms with Gasteiger partial charge in [-0.15, -0.1) is 0 Å². The Labute approximate surface area is 111 Å². The highest BCUT2D eigenvalue weighted by Gasteiger charge is 2.20. The quantitative estimate of drug-likeness (QED) is 0.877. The molecular formula is C13H18N2O2S. The van der Waals surface area contributed by atoms with E-state index in [0.29, 0.717) is 6.04 Å². The van der Waals surface area contributed by atoms with Crippen molar-refractivity contribution in [2.24, 2.45) is 0 Å². The molecule has 1 saturated carbocycles. The highest BCUT2D eigenvalue weighted by atomic mass is 32.2. The van der Waals surface area contributed by atoms with Crippen LogP contribution < -0.4 is 5.32 Å². The molecule has 4 nitrogen and oxygen atoms in total. The van der Waals surface area contributed by atoms with Crippen LogP contribution in [0.2, 0.25) is 0 Å². The Bertz CT molecular complexity index is 400. The van der Waals surface area contributed by atoms with Crippen molar-refractivity contribution < 1.29 is 9.90 Å². The number of aromatic carboxylic acids is 1. The number of hydrogen-bond acceptors (Lipinski definition) is 4. The molecule has 0 atom stereocenters. The zero-order valence-corrected chi connectivity index (χ0v) is 11.2. The van der Waals surface area contributed by atoms with E-state index in [2.05, 4.69) is 16.6 Å². The predicted molar refractivity (Wildman–Crippen MR) is 74.4 cm³/mol. The highest BCUT2D eigenvalue weighted by molar-refractivity contribution is 7.99. The molecule has 1 heterocycles. The van der Waals surface area contributed by atoms with Crippen LogP contribution in [-0.2, 0) is 0 Å². The molecule has 0 unspecified atom stereocenters. The summed E-state index contributed by atoms with van der Waals surface area (Å²) in [5.41, 5.74) is 0.228. The smallest absolute Gasteiger partial charge is 0.337 e. The maximum Gasteiger partial charge on any atom is 0.337 e. The molecule has 0 bridgehead atoms. The van der Waals surface area contributed by atoms with E-state index < -0.39 is 5.97 Å². The summed E-state index contributed by atoms with van der Waals surface area (Å²) >= 11 is 1.95. The first-order chi connectivity index (χ1) is 8.69. The molecule has 0 aliphatic heterocycles. The minimum atomic E-state index is -0.936. The Balaban J connectivity index is 1.88. The summed E-state index contributed by atoms with van der Waals surface area (Å²) < 4.78 is 0. The zero-order valence-electron chi connectivity index (χ0n) is 10.4. The van der Waals surface area contributed by atoms with Gasteiger partial charge in [0.2, 0.25) is 0 Å². The minimum Gasteiger partial charge on any atom is -0.478 e. The molecule has 5 heteroatoms. The van der Waals surface area contributed by atoms with Crippen molar-refractivity contribution in [2.75, 3.05) is 11.6 Å². The van der Waals surface area contributed by atoms with Crippen LogP contribution >= 0.6 is 11.8 Å². The lowest BCUT2D eigenvalue weighted by Gasteiger charge is -2.28. The molecule has 2 rings (SSSR count). The molecule has 0 spiro atoms. The topological polar surface area (TPSA) is 62.2 Å². The molecule has 0 aromatic carbocycles. The van der Waals surface area contributed by atoms with Gasteiger partial charge in [-0.3, -0.25) is 0 Å². The Morgan fingerprint density at radius 3 is 2.61 bits per heavy atom. The fourth-order valence-electron chi connectivity index (χ4n) is 2.26. The van der Waals surface area contributed by atoms with Crippen LogP contribution in [0.3, 0.4) is 0 Å². The highest BCUT2D eigenvalue weighted by Crippen LogP contribution is 2.28. The van der Waals surface area contributed by atoms with Gasteiger partial charge in [-0.2, -0.15) is 11.8 Å². The maximum absolute atomic E-state index is 10.7. The summed E-state index contributed by atoms with van der Waals surface area (Å²) in [6.07, 6.45) is 8.38. The van der Waals surface area contributed by atoms with E-state index in [-0.39, 0.29) is 5.56 Å². The summed E-state index contributed by atoms with van der Waals surface area (Å²) in [5.74, 6) is -0.165. The molecule has 0 amide bonds. The molecule has 1 aliphatic carbocycles. The number of rotatable bonds is 4. The molecule has 18 heavy (non-hydrogen) atoms. The number of nitrogens with zero attached hydrogens (tertiary/aromatic N) is 1. The third kappa shape index (κ3) is 3.38. The first-order valence-electron chi connectivity index (χ1n) is 6.17. The van der Waals surface area contributed by atoms with Gasteiger partial charge >= 0.3 is 5.97 Å². The molecular weight excluding hydrogens is 248 g/mol. The number of carbonyl (C=O) groups is 1. The van der Waals surface area contributed by atoms with Crippen LogP contribution in [-0.4, -0.2) is 33.6 Å². The van der Waals surface area contributed by atoms with Crippen molar-refractivity contribution in [3.63, 3.8) is 0 Å². The molecule has 1 aromatic rings. The lowest BCUT2D eigenvalue weighted by atomic mass is 9.95. The predicted octanol–water partition coefficient (Wildman–Crippen LogP) is 2.87. The second-order valence-corrected chi connectivity index (χ2v) is 5.73. The Morgan fingerprint density at radius 2 is 2.11 bits per heavy atom. The second-order valence-electron chi connectivity index (χ2n) is 4.59. The van der Waals surface area contributed by atoms with Crippen LogP contribution in [0.15, 0.2) is 18.3 Å². The number of anilines is 1. The van der Waals surface area contributed by atoms with Crippen molar-refractivity contribution >= 4 is 23.5 Å². The SMILES string of the molecule is CSC1CCC(Nc2ccc(C(=O)O)cn2)CC1. The zero-order chi connectivity index (χ0) is 13.0. The van der Waals surface area contributed by atoms with E-state index >= 15 is 0 Å². The second kappa shape index (κ2) is 6.09. The fourth-order valence-corrected chi connectivity index (χ4v) is 3.00. The Morgan fingerprint density at radius 1 is 1.39 bits per heavy atom. The van der Waals surface area contributed by atoms with Gasteiger partial charge in [0.25, 0.3) is 0 Å². The third-order valence-corrected chi connectivity index (χ3v) is 4.51. The Hall–Kier alpha value is -1.23. The molecule has 1 aliphatic rings. The van der Waals surface area contributed by atoms with Gasteiger partial charge in [-0.25, -0.2) is 9.78 Å². The third-order valence-electron chi connectivity index (χ3n) is 3.37. The number of pyridine rings is 1. The summed E-state index contributed by atoms with van der Waals surface area (Å²) in [7, 11) is 0. The van der Waals surface area contributed by atoms with Crippen molar-refractivity contribution in [1.29, 1.82) is 0 Å². The molecule has 98 valence electrons. The fraction of sp³-hybridized carbons (Fsp3) is 0.538. The molecule has 2 N–H and O–H groups in total. The lowest BCUT2D eigenvalue weighted by molar-refractivity contribution is 0.0696. The average molecular weight is 266 g/mol. The van der Waals surface area contributed by atoms with E-state index in [4.69, 9.17) is 5.11 Å². The molecule has 0 saturated heterocycles. The molecule has 1 aromatic heterocycles. The van der Waals surface area contributed by atoms with Gasteiger partial charge in [0.1, 0.15) is 5.82 Å². The maximum atomic E-state index is 10.7. The van der Waals surface area contributed by atoms with Crippen LogP contribution in [0.4, 0.5) is 5.82 Å². The van der Waals surface area contributed by atoms with E-state index in [1.807, 2.05) is 11.8 Å². The number of carboxylic acid groups (broad SMARTS) is 1. The van der Waals surface area contributed by atoms with Gasteiger partial charge in [0, 0.05) is 17.5 Å². The van der Waals surface area contributed by atoms with Gasteiger partial charge in [-0.1, -0.05) is 0 Å². The van der Waals surface area contributed by atoms with E-state index in [1.54, 1.807) is 12.1 Å². The van der Waals surface area contributed by atoms with Gasteiger partial charge < -0.3 is 10.4 Å². The monoisotopic (exact) mass is 266 g/mol. The van der Waals surface area contributed by atoms with E-state index in [9.17, 15) is 4.79 Å². The molecule has 1 fully saturated rings. The average Bonchev–Trinajstić information content (AvgIpc) is 2.40. The largest absolute Gasteiger partial charge is 0.478 e. The number of thioether (sulfide) groups is 1. The van der Waals surface area contributed by atoms with E-state index in [1.165, 1.54) is 19.0 Å². The number of carboxylic acids is 1. The summed E-state index contributed by atoms with van der Waals surface area (Å²) in [6, 6.07) is 3.80. The van der Waals surface area contributed by atoms with Crippen molar-refractivity contribution in [1.82, 2.24) is 4.98 Å². The number of hydrogen-bond donors (Lipinski definition) is 2. The van der Waals surface area contributed by atoms with Crippen molar-refractivity contribution in [3.8, 4) is 0 Å². The first-order valence-corrected chi connectivity index (χ1v) is 7.46. The normalized spacial score (nSPS) is 23.6. The summed E-state index contributed by atoms with van der Waals surface area (Å²) in [5, 5.41) is 13.0. The van der Waals surface area contributed by atoms with E-state index in [0.717, 1.165) is 23.9 Å². The standard InChI is InChI=1S/C13H18N2O2S/c1-18-11-5-3-10(4-6-11)15-12-7-2-9(8-14-12)13(16)17/h2,7-8,10-11H,3-6H2,1H3,(H,14,15)(H,16,17). The summed E-state index contributed by atoms with van der Waals surface area (Å²) in [4.78, 5) is 14.8. The van der Waals surface area contributed by atoms with Crippen molar-refractivity contribution in [2.45, 2.75) is 37.0 Å².